The van der Waals surface area contributed by atoms with Gasteiger partial charge in [0.1, 0.15) is 6.04 Å². The Morgan fingerprint density at radius 2 is 1.86 bits per heavy atom. The summed E-state index contributed by atoms with van der Waals surface area (Å²) in [5.74, 6) is -1.56. The largest absolute Gasteiger partial charge is 0.480 e. The lowest BCUT2D eigenvalue weighted by molar-refractivity contribution is -0.142. The zero-order chi connectivity index (χ0) is 15.2. The number of carboxylic acids is 1. The van der Waals surface area contributed by atoms with Crippen LogP contribution in [0.3, 0.4) is 0 Å². The van der Waals surface area contributed by atoms with Crippen LogP contribution in [-0.2, 0) is 9.59 Å². The molecule has 6 nitrogen and oxygen atoms in total. The van der Waals surface area contributed by atoms with Gasteiger partial charge in [-0.05, 0) is 30.9 Å². The number of aliphatic carboxylic acids is 1. The Hall–Kier alpha value is -2.37. The maximum Gasteiger partial charge on any atom is 0.326 e. The number of carbonyl (C=O) groups excluding carboxylic acids is 2. The lowest BCUT2D eigenvalue weighted by atomic mass is 10.2. The zero-order valence-electron chi connectivity index (χ0n) is 11.5. The summed E-state index contributed by atoms with van der Waals surface area (Å²) in [6, 6.07) is 7.89. The van der Waals surface area contributed by atoms with Crippen LogP contribution < -0.4 is 10.6 Å². The van der Waals surface area contributed by atoms with Crippen LogP contribution in [0.15, 0.2) is 30.3 Å². The van der Waals surface area contributed by atoms with Crippen molar-refractivity contribution in [3.8, 4) is 0 Å². The minimum atomic E-state index is -1.00. The summed E-state index contributed by atoms with van der Waals surface area (Å²) in [6.07, 6.45) is 1.74. The van der Waals surface area contributed by atoms with Crippen molar-refractivity contribution in [3.05, 3.63) is 35.9 Å². The van der Waals surface area contributed by atoms with Crippen molar-refractivity contribution in [1.29, 1.82) is 0 Å². The van der Waals surface area contributed by atoms with Crippen LogP contribution in [0, 0.1) is 5.92 Å². The number of amides is 2. The van der Waals surface area contributed by atoms with Crippen LogP contribution in [0.2, 0.25) is 0 Å². The predicted molar refractivity (Wildman–Crippen MR) is 75.7 cm³/mol. The highest BCUT2D eigenvalue weighted by Gasteiger charge is 2.37. The van der Waals surface area contributed by atoms with Gasteiger partial charge in [-0.1, -0.05) is 18.2 Å². The Balaban J connectivity index is 1.72. The summed E-state index contributed by atoms with van der Waals surface area (Å²) in [5.41, 5.74) is 0.527. The fourth-order valence-corrected chi connectivity index (χ4v) is 2.04. The fraction of sp³-hybridized carbons (Fsp3) is 0.400. The lowest BCUT2D eigenvalue weighted by Crippen LogP contribution is -2.43. The van der Waals surface area contributed by atoms with Crippen molar-refractivity contribution in [2.24, 2.45) is 5.92 Å². The molecule has 2 amide bonds. The molecule has 2 rings (SSSR count). The van der Waals surface area contributed by atoms with Gasteiger partial charge in [0, 0.05) is 18.5 Å². The third-order valence-electron chi connectivity index (χ3n) is 3.35. The minimum absolute atomic E-state index is 0.0466. The lowest BCUT2D eigenvalue weighted by Gasteiger charge is -2.13. The van der Waals surface area contributed by atoms with E-state index < -0.39 is 12.0 Å². The number of benzene rings is 1. The molecule has 0 aliphatic heterocycles. The van der Waals surface area contributed by atoms with Gasteiger partial charge >= 0.3 is 5.97 Å². The molecule has 1 aliphatic rings. The smallest absolute Gasteiger partial charge is 0.326 e. The van der Waals surface area contributed by atoms with E-state index in [9.17, 15) is 14.4 Å². The Labute approximate surface area is 122 Å². The number of hydrogen-bond acceptors (Lipinski definition) is 3. The van der Waals surface area contributed by atoms with Gasteiger partial charge in [0.15, 0.2) is 0 Å². The van der Waals surface area contributed by atoms with Crippen molar-refractivity contribution < 1.29 is 19.5 Å². The van der Waals surface area contributed by atoms with Crippen molar-refractivity contribution >= 4 is 17.8 Å². The highest BCUT2D eigenvalue weighted by Crippen LogP contribution is 2.32. The number of rotatable bonds is 7. The Morgan fingerprint density at radius 3 is 2.43 bits per heavy atom. The van der Waals surface area contributed by atoms with E-state index in [4.69, 9.17) is 5.11 Å². The van der Waals surface area contributed by atoms with Gasteiger partial charge < -0.3 is 15.7 Å². The van der Waals surface area contributed by atoms with E-state index in [-0.39, 0.29) is 30.7 Å². The summed E-state index contributed by atoms with van der Waals surface area (Å²) >= 11 is 0. The topological polar surface area (TPSA) is 95.5 Å². The molecule has 0 radical (unpaired) electrons. The molecule has 0 heterocycles. The van der Waals surface area contributed by atoms with E-state index in [2.05, 4.69) is 10.6 Å². The molecule has 1 fully saturated rings. The molecular weight excluding hydrogens is 272 g/mol. The quantitative estimate of drug-likeness (QED) is 0.691. The highest BCUT2D eigenvalue weighted by atomic mass is 16.4. The predicted octanol–water partition coefficient (Wildman–Crippen LogP) is 0.786. The van der Waals surface area contributed by atoms with E-state index in [0.717, 1.165) is 12.8 Å². The van der Waals surface area contributed by atoms with E-state index in [1.165, 1.54) is 0 Å². The van der Waals surface area contributed by atoms with E-state index in [0.29, 0.717) is 5.56 Å². The summed E-state index contributed by atoms with van der Waals surface area (Å²) in [6.45, 7) is 0.177. The molecule has 0 bridgehead atoms. The molecule has 1 aliphatic carbocycles. The van der Waals surface area contributed by atoms with Crippen LogP contribution in [-0.4, -0.2) is 35.5 Å². The molecule has 0 spiro atoms. The molecule has 1 unspecified atom stereocenters. The molecule has 21 heavy (non-hydrogen) atoms. The van der Waals surface area contributed by atoms with E-state index in [1.807, 2.05) is 6.07 Å². The highest BCUT2D eigenvalue weighted by molar-refractivity contribution is 5.94. The maximum atomic E-state index is 11.7. The fourth-order valence-electron chi connectivity index (χ4n) is 2.04. The second-order valence-corrected chi connectivity index (χ2v) is 5.09. The van der Waals surface area contributed by atoms with Crippen LogP contribution >= 0.6 is 0 Å². The van der Waals surface area contributed by atoms with Crippen LogP contribution in [0.25, 0.3) is 0 Å². The molecular formula is C15H18N2O4. The average molecular weight is 290 g/mol. The molecule has 1 saturated carbocycles. The molecule has 1 aromatic rings. The molecule has 1 atom stereocenters. The Morgan fingerprint density at radius 1 is 1.19 bits per heavy atom. The first kappa shape index (κ1) is 15.0. The third-order valence-corrected chi connectivity index (χ3v) is 3.35. The zero-order valence-corrected chi connectivity index (χ0v) is 11.5. The third kappa shape index (κ3) is 4.59. The van der Waals surface area contributed by atoms with Gasteiger partial charge in [-0.25, -0.2) is 4.79 Å². The second-order valence-electron chi connectivity index (χ2n) is 5.09. The van der Waals surface area contributed by atoms with Gasteiger partial charge in [0.25, 0.3) is 5.91 Å². The summed E-state index contributed by atoms with van der Waals surface area (Å²) in [5, 5.41) is 14.1. The standard InChI is InChI=1S/C15H18N2O4/c18-12(17-13(15(20)21)10-6-7-10)8-9-16-14(19)11-4-2-1-3-5-11/h1-5,10,13H,6-9H2,(H,16,19)(H,17,18)(H,20,21). The monoisotopic (exact) mass is 290 g/mol. The van der Waals surface area contributed by atoms with Crippen LogP contribution in [0.4, 0.5) is 0 Å². The Kier molecular flexibility index (Phi) is 4.92. The Bertz CT molecular complexity index is 526. The number of carboxylic acid groups (broad SMARTS) is 1. The van der Waals surface area contributed by atoms with Gasteiger partial charge in [0.05, 0.1) is 0 Å². The van der Waals surface area contributed by atoms with E-state index in [1.54, 1.807) is 24.3 Å². The van der Waals surface area contributed by atoms with Crippen molar-refractivity contribution in [2.45, 2.75) is 25.3 Å². The van der Waals surface area contributed by atoms with Crippen LogP contribution in [0.1, 0.15) is 29.6 Å². The number of carbonyl (C=O) groups is 3. The summed E-state index contributed by atoms with van der Waals surface area (Å²) in [4.78, 5) is 34.4. The number of hydrogen-bond donors (Lipinski definition) is 3. The van der Waals surface area contributed by atoms with Crippen LogP contribution in [0.5, 0.6) is 0 Å². The minimum Gasteiger partial charge on any atom is -0.480 e. The van der Waals surface area contributed by atoms with Gasteiger partial charge in [-0.3, -0.25) is 9.59 Å². The van der Waals surface area contributed by atoms with Gasteiger partial charge in [-0.15, -0.1) is 0 Å². The maximum absolute atomic E-state index is 11.7. The first-order valence-corrected chi connectivity index (χ1v) is 6.93. The first-order valence-electron chi connectivity index (χ1n) is 6.93. The molecule has 3 N–H and O–H groups in total. The molecule has 0 saturated heterocycles. The normalized spacial score (nSPS) is 15.0. The first-order chi connectivity index (χ1) is 10.1. The molecule has 1 aromatic carbocycles. The molecule has 112 valence electrons. The van der Waals surface area contributed by atoms with E-state index >= 15 is 0 Å². The van der Waals surface area contributed by atoms with Crippen molar-refractivity contribution in [1.82, 2.24) is 10.6 Å². The van der Waals surface area contributed by atoms with Gasteiger partial charge in [-0.2, -0.15) is 0 Å². The molecule has 0 aromatic heterocycles. The van der Waals surface area contributed by atoms with Gasteiger partial charge in [0.2, 0.25) is 5.91 Å². The van der Waals surface area contributed by atoms with Crippen molar-refractivity contribution in [2.75, 3.05) is 6.54 Å². The summed E-state index contributed by atoms with van der Waals surface area (Å²) in [7, 11) is 0. The molecule has 6 heteroatoms. The SMILES string of the molecule is O=C(CCNC(=O)c1ccccc1)NC(C(=O)O)C1CC1. The van der Waals surface area contributed by atoms with Crippen molar-refractivity contribution in [3.63, 3.8) is 0 Å². The number of nitrogens with one attached hydrogen (secondary N) is 2. The second kappa shape index (κ2) is 6.88. The average Bonchev–Trinajstić information content (AvgIpc) is 3.30. The summed E-state index contributed by atoms with van der Waals surface area (Å²) < 4.78 is 0.